The van der Waals surface area contributed by atoms with Crippen molar-refractivity contribution in [2.24, 2.45) is 0 Å². The Morgan fingerprint density at radius 1 is 0.842 bits per heavy atom. The van der Waals surface area contributed by atoms with Crippen molar-refractivity contribution >= 4 is 12.2 Å². The monoisotopic (exact) mass is 256 g/mol. The van der Waals surface area contributed by atoms with Gasteiger partial charge in [0.05, 0.1) is 14.2 Å². The number of para-hydroxylation sites is 2. The lowest BCUT2D eigenvalue weighted by atomic mass is 10.1. The number of hydrogen-bond donors (Lipinski definition) is 1. The standard InChI is InChI=1S/C16H16O3/c1-18-15-9-4-3-6-12(15)10-11-13-7-5-8-14(17)16(13)19-2/h3-11,17H,1-2H3/b11-10-. The zero-order valence-corrected chi connectivity index (χ0v) is 11.0. The van der Waals surface area contributed by atoms with Crippen LogP contribution < -0.4 is 9.47 Å². The Bertz CT molecular complexity index is 588. The predicted octanol–water partition coefficient (Wildman–Crippen LogP) is 3.58. The minimum Gasteiger partial charge on any atom is -0.504 e. The molecule has 0 atom stereocenters. The number of phenols is 1. The third kappa shape index (κ3) is 2.88. The van der Waals surface area contributed by atoms with Gasteiger partial charge in [0.1, 0.15) is 5.75 Å². The number of hydrogen-bond acceptors (Lipinski definition) is 3. The van der Waals surface area contributed by atoms with Crippen molar-refractivity contribution < 1.29 is 14.6 Å². The summed E-state index contributed by atoms with van der Waals surface area (Å²) in [6.07, 6.45) is 3.81. The van der Waals surface area contributed by atoms with E-state index in [2.05, 4.69) is 0 Å². The highest BCUT2D eigenvalue weighted by atomic mass is 16.5. The van der Waals surface area contributed by atoms with E-state index in [1.807, 2.05) is 42.5 Å². The summed E-state index contributed by atoms with van der Waals surface area (Å²) in [7, 11) is 3.18. The maximum Gasteiger partial charge on any atom is 0.167 e. The molecule has 0 aliphatic heterocycles. The zero-order chi connectivity index (χ0) is 13.7. The van der Waals surface area contributed by atoms with Crippen molar-refractivity contribution in [2.45, 2.75) is 0 Å². The molecule has 2 rings (SSSR count). The second kappa shape index (κ2) is 5.96. The molecule has 0 heterocycles. The van der Waals surface area contributed by atoms with Crippen molar-refractivity contribution in [1.82, 2.24) is 0 Å². The van der Waals surface area contributed by atoms with Gasteiger partial charge < -0.3 is 14.6 Å². The van der Waals surface area contributed by atoms with E-state index in [-0.39, 0.29) is 5.75 Å². The number of rotatable bonds is 4. The molecule has 98 valence electrons. The van der Waals surface area contributed by atoms with Gasteiger partial charge in [-0.05, 0) is 12.1 Å². The van der Waals surface area contributed by atoms with Crippen LogP contribution in [0, 0.1) is 0 Å². The van der Waals surface area contributed by atoms with Crippen LogP contribution in [0.25, 0.3) is 12.2 Å². The third-order valence-electron chi connectivity index (χ3n) is 2.81. The molecular formula is C16H16O3. The van der Waals surface area contributed by atoms with Crippen LogP contribution in [-0.2, 0) is 0 Å². The van der Waals surface area contributed by atoms with Crippen LogP contribution >= 0.6 is 0 Å². The van der Waals surface area contributed by atoms with E-state index in [0.717, 1.165) is 16.9 Å². The summed E-state index contributed by atoms with van der Waals surface area (Å²) in [5.74, 6) is 1.40. The van der Waals surface area contributed by atoms with Crippen LogP contribution in [0.3, 0.4) is 0 Å². The maximum atomic E-state index is 9.71. The van der Waals surface area contributed by atoms with Crippen LogP contribution in [0.5, 0.6) is 17.2 Å². The highest BCUT2D eigenvalue weighted by Crippen LogP contribution is 2.31. The number of aromatic hydroxyl groups is 1. The lowest BCUT2D eigenvalue weighted by Gasteiger charge is -2.07. The van der Waals surface area contributed by atoms with Gasteiger partial charge in [0.25, 0.3) is 0 Å². The summed E-state index contributed by atoms with van der Waals surface area (Å²) < 4.78 is 10.5. The van der Waals surface area contributed by atoms with E-state index in [1.54, 1.807) is 19.2 Å². The lowest BCUT2D eigenvalue weighted by molar-refractivity contribution is 0.372. The summed E-state index contributed by atoms with van der Waals surface area (Å²) in [5.41, 5.74) is 1.78. The summed E-state index contributed by atoms with van der Waals surface area (Å²) in [4.78, 5) is 0. The molecule has 0 aliphatic rings. The second-order valence-corrected chi connectivity index (χ2v) is 3.97. The van der Waals surface area contributed by atoms with Gasteiger partial charge in [-0.1, -0.05) is 42.5 Å². The lowest BCUT2D eigenvalue weighted by Crippen LogP contribution is -1.88. The molecule has 2 aromatic carbocycles. The maximum absolute atomic E-state index is 9.71. The molecule has 0 aromatic heterocycles. The van der Waals surface area contributed by atoms with Gasteiger partial charge in [-0.25, -0.2) is 0 Å². The summed E-state index contributed by atoms with van der Waals surface area (Å²) >= 11 is 0. The Kier molecular flexibility index (Phi) is 4.08. The minimum atomic E-state index is 0.129. The van der Waals surface area contributed by atoms with E-state index in [0.29, 0.717) is 5.75 Å². The Morgan fingerprint density at radius 2 is 1.53 bits per heavy atom. The predicted molar refractivity (Wildman–Crippen MR) is 76.6 cm³/mol. The first kappa shape index (κ1) is 13.0. The molecule has 0 bridgehead atoms. The van der Waals surface area contributed by atoms with Gasteiger partial charge in [0.2, 0.25) is 0 Å². The molecule has 0 radical (unpaired) electrons. The number of benzene rings is 2. The molecule has 19 heavy (non-hydrogen) atoms. The van der Waals surface area contributed by atoms with Crippen LogP contribution in [0.4, 0.5) is 0 Å². The molecule has 0 amide bonds. The van der Waals surface area contributed by atoms with Crippen LogP contribution in [0.15, 0.2) is 42.5 Å². The number of phenolic OH excluding ortho intramolecular Hbond substituents is 1. The van der Waals surface area contributed by atoms with Crippen molar-refractivity contribution in [3.8, 4) is 17.2 Å². The van der Waals surface area contributed by atoms with E-state index >= 15 is 0 Å². The largest absolute Gasteiger partial charge is 0.504 e. The van der Waals surface area contributed by atoms with E-state index in [4.69, 9.17) is 9.47 Å². The van der Waals surface area contributed by atoms with Gasteiger partial charge in [0, 0.05) is 11.1 Å². The molecule has 0 saturated carbocycles. The first-order valence-corrected chi connectivity index (χ1v) is 5.93. The fraction of sp³-hybridized carbons (Fsp3) is 0.125. The van der Waals surface area contributed by atoms with Crippen molar-refractivity contribution in [3.63, 3.8) is 0 Å². The molecule has 2 aromatic rings. The Labute approximate surface area is 112 Å². The normalized spacial score (nSPS) is 10.6. The van der Waals surface area contributed by atoms with Crippen LogP contribution in [0.2, 0.25) is 0 Å². The van der Waals surface area contributed by atoms with Gasteiger partial charge in [-0.3, -0.25) is 0 Å². The molecule has 3 heteroatoms. The summed E-state index contributed by atoms with van der Waals surface area (Å²) in [6, 6.07) is 13.0. The zero-order valence-electron chi connectivity index (χ0n) is 11.0. The molecule has 0 fully saturated rings. The fourth-order valence-corrected chi connectivity index (χ4v) is 1.88. The van der Waals surface area contributed by atoms with Crippen LogP contribution in [0.1, 0.15) is 11.1 Å². The first-order chi connectivity index (χ1) is 9.26. The Morgan fingerprint density at radius 3 is 2.26 bits per heavy atom. The smallest absolute Gasteiger partial charge is 0.167 e. The topological polar surface area (TPSA) is 38.7 Å². The van der Waals surface area contributed by atoms with Crippen LogP contribution in [-0.4, -0.2) is 19.3 Å². The summed E-state index contributed by atoms with van der Waals surface area (Å²) in [5, 5.41) is 9.71. The van der Waals surface area contributed by atoms with Crippen molar-refractivity contribution in [2.75, 3.05) is 14.2 Å². The van der Waals surface area contributed by atoms with Gasteiger partial charge >= 0.3 is 0 Å². The Hall–Kier alpha value is -2.42. The molecule has 0 aliphatic carbocycles. The number of methoxy groups -OCH3 is 2. The SMILES string of the molecule is COc1ccccc1/C=C\c1cccc(O)c1OC. The average Bonchev–Trinajstić information content (AvgIpc) is 2.45. The van der Waals surface area contributed by atoms with E-state index < -0.39 is 0 Å². The second-order valence-electron chi connectivity index (χ2n) is 3.97. The molecule has 0 saturated heterocycles. The highest BCUT2D eigenvalue weighted by Gasteiger charge is 2.05. The third-order valence-corrected chi connectivity index (χ3v) is 2.81. The van der Waals surface area contributed by atoms with Crippen molar-refractivity contribution in [1.29, 1.82) is 0 Å². The van der Waals surface area contributed by atoms with Gasteiger partial charge in [-0.2, -0.15) is 0 Å². The Balaban J connectivity index is 2.35. The number of ether oxygens (including phenoxy) is 2. The molecule has 3 nitrogen and oxygen atoms in total. The minimum absolute atomic E-state index is 0.129. The molecule has 0 spiro atoms. The van der Waals surface area contributed by atoms with Crippen molar-refractivity contribution in [3.05, 3.63) is 53.6 Å². The average molecular weight is 256 g/mol. The van der Waals surface area contributed by atoms with Gasteiger partial charge in [0.15, 0.2) is 11.5 Å². The summed E-state index contributed by atoms with van der Waals surface area (Å²) in [6.45, 7) is 0. The first-order valence-electron chi connectivity index (χ1n) is 5.93. The quantitative estimate of drug-likeness (QED) is 0.850. The van der Waals surface area contributed by atoms with E-state index in [9.17, 15) is 5.11 Å². The fourth-order valence-electron chi connectivity index (χ4n) is 1.88. The molecular weight excluding hydrogens is 240 g/mol. The molecule has 1 N–H and O–H groups in total. The molecule has 0 unspecified atom stereocenters. The highest BCUT2D eigenvalue weighted by molar-refractivity contribution is 5.76. The van der Waals surface area contributed by atoms with E-state index in [1.165, 1.54) is 7.11 Å². The van der Waals surface area contributed by atoms with Gasteiger partial charge in [-0.15, -0.1) is 0 Å².